The molecule has 0 saturated carbocycles. The molecule has 0 aliphatic carbocycles. The third-order valence-electron chi connectivity index (χ3n) is 4.59. The van der Waals surface area contributed by atoms with Gasteiger partial charge in [0.05, 0.1) is 19.0 Å². The van der Waals surface area contributed by atoms with Gasteiger partial charge in [-0.25, -0.2) is 4.98 Å². The van der Waals surface area contributed by atoms with E-state index in [2.05, 4.69) is 14.9 Å². The van der Waals surface area contributed by atoms with Gasteiger partial charge in [-0.2, -0.15) is 0 Å². The standard InChI is InChI=1S/C16H18N4O2/c21-16(15-6-17-3-4-18-15)20-9-12-7-19(8-13(12)10-20)11-14-2-1-5-22-14/h1-6,12-13H,7-11H2/t12-,13+. The third kappa shape index (κ3) is 2.50. The van der Waals surface area contributed by atoms with Gasteiger partial charge in [0.15, 0.2) is 0 Å². The Labute approximate surface area is 128 Å². The fourth-order valence-electron chi connectivity index (χ4n) is 3.58. The molecule has 2 saturated heterocycles. The predicted molar refractivity (Wildman–Crippen MR) is 78.9 cm³/mol. The van der Waals surface area contributed by atoms with Crippen molar-refractivity contribution in [3.05, 3.63) is 48.4 Å². The summed E-state index contributed by atoms with van der Waals surface area (Å²) in [5.74, 6) is 2.11. The number of hydrogen-bond donors (Lipinski definition) is 0. The third-order valence-corrected chi connectivity index (χ3v) is 4.59. The molecule has 2 atom stereocenters. The fraction of sp³-hybridized carbons (Fsp3) is 0.438. The number of aromatic nitrogens is 2. The average molecular weight is 298 g/mol. The zero-order valence-corrected chi connectivity index (χ0v) is 12.3. The monoisotopic (exact) mass is 298 g/mol. The highest BCUT2D eigenvalue weighted by atomic mass is 16.3. The minimum Gasteiger partial charge on any atom is -0.468 e. The molecule has 2 fully saturated rings. The molecule has 4 heterocycles. The Morgan fingerprint density at radius 1 is 1.23 bits per heavy atom. The van der Waals surface area contributed by atoms with Gasteiger partial charge in [0, 0.05) is 38.6 Å². The second kappa shape index (κ2) is 5.53. The molecule has 0 spiro atoms. The minimum absolute atomic E-state index is 0.0000783. The molecular weight excluding hydrogens is 280 g/mol. The maximum atomic E-state index is 12.4. The van der Waals surface area contributed by atoms with Crippen molar-refractivity contribution in [1.29, 1.82) is 0 Å². The second-order valence-corrected chi connectivity index (χ2v) is 6.09. The van der Waals surface area contributed by atoms with E-state index >= 15 is 0 Å². The Bertz CT molecular complexity index is 629. The quantitative estimate of drug-likeness (QED) is 0.854. The Balaban J connectivity index is 1.36. The van der Waals surface area contributed by atoms with Gasteiger partial charge in [-0.1, -0.05) is 0 Å². The molecule has 1 amide bonds. The highest BCUT2D eigenvalue weighted by molar-refractivity contribution is 5.92. The molecule has 114 valence electrons. The number of hydrogen-bond acceptors (Lipinski definition) is 5. The van der Waals surface area contributed by atoms with Crippen molar-refractivity contribution in [3.63, 3.8) is 0 Å². The van der Waals surface area contributed by atoms with Crippen LogP contribution in [0.4, 0.5) is 0 Å². The van der Waals surface area contributed by atoms with E-state index in [0.717, 1.165) is 38.5 Å². The molecule has 0 bridgehead atoms. The molecule has 0 aromatic carbocycles. The Kier molecular flexibility index (Phi) is 3.38. The summed E-state index contributed by atoms with van der Waals surface area (Å²) in [6.07, 6.45) is 6.41. The molecular formula is C16H18N4O2. The highest BCUT2D eigenvalue weighted by Gasteiger charge is 2.41. The van der Waals surface area contributed by atoms with Crippen molar-refractivity contribution in [3.8, 4) is 0 Å². The summed E-state index contributed by atoms with van der Waals surface area (Å²) in [5, 5.41) is 0. The van der Waals surface area contributed by atoms with E-state index in [4.69, 9.17) is 4.42 Å². The van der Waals surface area contributed by atoms with Crippen LogP contribution in [0.1, 0.15) is 16.2 Å². The SMILES string of the molecule is O=C(c1cnccn1)N1C[C@H]2CN(Cc3ccco3)C[C@H]2C1. The first-order valence-corrected chi connectivity index (χ1v) is 7.59. The van der Waals surface area contributed by atoms with Crippen LogP contribution in [0.15, 0.2) is 41.4 Å². The molecule has 22 heavy (non-hydrogen) atoms. The fourth-order valence-corrected chi connectivity index (χ4v) is 3.58. The van der Waals surface area contributed by atoms with Crippen LogP contribution in [-0.4, -0.2) is 51.9 Å². The van der Waals surface area contributed by atoms with Crippen LogP contribution in [-0.2, 0) is 6.54 Å². The van der Waals surface area contributed by atoms with E-state index in [9.17, 15) is 4.79 Å². The molecule has 0 unspecified atom stereocenters. The molecule has 0 radical (unpaired) electrons. The van der Waals surface area contributed by atoms with E-state index in [1.54, 1.807) is 24.9 Å². The number of rotatable bonds is 3. The van der Waals surface area contributed by atoms with Crippen molar-refractivity contribution in [2.45, 2.75) is 6.54 Å². The van der Waals surface area contributed by atoms with Crippen LogP contribution in [0.25, 0.3) is 0 Å². The molecule has 2 aliphatic heterocycles. The van der Waals surface area contributed by atoms with Gasteiger partial charge < -0.3 is 9.32 Å². The van der Waals surface area contributed by atoms with Crippen molar-refractivity contribution < 1.29 is 9.21 Å². The van der Waals surface area contributed by atoms with Crippen molar-refractivity contribution in [2.24, 2.45) is 11.8 Å². The van der Waals surface area contributed by atoms with Crippen molar-refractivity contribution in [1.82, 2.24) is 19.8 Å². The predicted octanol–water partition coefficient (Wildman–Crippen LogP) is 1.27. The van der Waals surface area contributed by atoms with E-state index in [1.807, 2.05) is 17.0 Å². The normalized spacial score (nSPS) is 24.6. The van der Waals surface area contributed by atoms with Crippen LogP contribution in [0, 0.1) is 11.8 Å². The number of nitrogens with zero attached hydrogens (tertiary/aromatic N) is 4. The summed E-state index contributed by atoms with van der Waals surface area (Å²) in [7, 11) is 0. The summed E-state index contributed by atoms with van der Waals surface area (Å²) >= 11 is 0. The Hall–Kier alpha value is -2.21. The molecule has 2 aromatic rings. The van der Waals surface area contributed by atoms with E-state index in [0.29, 0.717) is 17.5 Å². The first kappa shape index (κ1) is 13.5. The Morgan fingerprint density at radius 3 is 2.68 bits per heavy atom. The number of fused-ring (bicyclic) bond motifs is 1. The lowest BCUT2D eigenvalue weighted by Crippen LogP contribution is -2.33. The largest absolute Gasteiger partial charge is 0.468 e. The molecule has 4 rings (SSSR count). The summed E-state index contributed by atoms with van der Waals surface area (Å²) in [5.41, 5.74) is 0.440. The molecule has 0 N–H and O–H groups in total. The van der Waals surface area contributed by atoms with Gasteiger partial charge >= 0.3 is 0 Å². The van der Waals surface area contributed by atoms with Crippen molar-refractivity contribution in [2.75, 3.05) is 26.2 Å². The summed E-state index contributed by atoms with van der Waals surface area (Å²) < 4.78 is 5.41. The van der Waals surface area contributed by atoms with Gasteiger partial charge in [0.1, 0.15) is 11.5 Å². The average Bonchev–Trinajstić information content (AvgIpc) is 3.24. The zero-order valence-electron chi connectivity index (χ0n) is 12.3. The number of likely N-dealkylation sites (tertiary alicyclic amines) is 2. The zero-order chi connectivity index (χ0) is 14.9. The lowest BCUT2D eigenvalue weighted by Gasteiger charge is -2.20. The minimum atomic E-state index is 0.0000783. The molecule has 6 nitrogen and oxygen atoms in total. The summed E-state index contributed by atoms with van der Waals surface area (Å²) in [4.78, 5) is 24.8. The van der Waals surface area contributed by atoms with Gasteiger partial charge in [-0.15, -0.1) is 0 Å². The lowest BCUT2D eigenvalue weighted by molar-refractivity contribution is 0.0766. The Morgan fingerprint density at radius 2 is 2.05 bits per heavy atom. The topological polar surface area (TPSA) is 62.5 Å². The lowest BCUT2D eigenvalue weighted by atomic mass is 10.0. The van der Waals surface area contributed by atoms with Gasteiger partial charge in [-0.05, 0) is 24.0 Å². The molecule has 2 aromatic heterocycles. The second-order valence-electron chi connectivity index (χ2n) is 6.09. The van der Waals surface area contributed by atoms with Gasteiger partial charge in [0.2, 0.25) is 0 Å². The number of furan rings is 1. The van der Waals surface area contributed by atoms with Crippen LogP contribution in [0.2, 0.25) is 0 Å². The van der Waals surface area contributed by atoms with Crippen LogP contribution in [0.5, 0.6) is 0 Å². The van der Waals surface area contributed by atoms with Crippen LogP contribution in [0.3, 0.4) is 0 Å². The van der Waals surface area contributed by atoms with E-state index in [1.165, 1.54) is 0 Å². The maximum Gasteiger partial charge on any atom is 0.274 e. The van der Waals surface area contributed by atoms with Crippen LogP contribution < -0.4 is 0 Å². The summed E-state index contributed by atoms with van der Waals surface area (Å²) in [6, 6.07) is 3.94. The first-order valence-electron chi connectivity index (χ1n) is 7.59. The number of amides is 1. The first-order chi connectivity index (χ1) is 10.8. The number of carbonyl (C=O) groups is 1. The van der Waals surface area contributed by atoms with Crippen LogP contribution >= 0.6 is 0 Å². The summed E-state index contributed by atoms with van der Waals surface area (Å²) in [6.45, 7) is 4.53. The van der Waals surface area contributed by atoms with Gasteiger partial charge in [-0.3, -0.25) is 14.7 Å². The highest BCUT2D eigenvalue weighted by Crippen LogP contribution is 2.32. The van der Waals surface area contributed by atoms with Crippen molar-refractivity contribution >= 4 is 5.91 Å². The molecule has 2 aliphatic rings. The van der Waals surface area contributed by atoms with E-state index < -0.39 is 0 Å². The number of carbonyl (C=O) groups excluding carboxylic acids is 1. The van der Waals surface area contributed by atoms with Gasteiger partial charge in [0.25, 0.3) is 5.91 Å². The maximum absolute atomic E-state index is 12.4. The van der Waals surface area contributed by atoms with E-state index in [-0.39, 0.29) is 5.91 Å². The smallest absolute Gasteiger partial charge is 0.274 e. The molecule has 6 heteroatoms.